The summed E-state index contributed by atoms with van der Waals surface area (Å²) < 4.78 is 0. The summed E-state index contributed by atoms with van der Waals surface area (Å²) in [5.74, 6) is 0.0149. The number of aliphatic hydroxyl groups is 1. The summed E-state index contributed by atoms with van der Waals surface area (Å²) in [4.78, 5) is 26.0. The number of rotatable bonds is 2. The summed E-state index contributed by atoms with van der Waals surface area (Å²) in [7, 11) is 0. The van der Waals surface area contributed by atoms with Gasteiger partial charge >= 0.3 is 0 Å². The third-order valence-electron chi connectivity index (χ3n) is 2.18. The van der Waals surface area contributed by atoms with E-state index in [1.807, 2.05) is 0 Å². The number of H-pyrrole nitrogens is 1. The molecule has 2 aromatic heterocycles. The molecule has 7 heteroatoms. The molecule has 0 atom stereocenters. The number of aromatic nitrogens is 4. The average Bonchev–Trinajstić information content (AvgIpc) is 2.20. The number of nitrogens with one attached hydrogen (secondary N) is 1. The minimum absolute atomic E-state index is 0.0149. The Morgan fingerprint density at radius 1 is 1.38 bits per heavy atom. The molecule has 0 saturated heterocycles. The number of nitrogens with two attached hydrogens (primary N) is 1. The SMILES string of the molecule is Cc1nc2nc(N)[nH]c(=O)c2nc1CCO. The summed E-state index contributed by atoms with van der Waals surface area (Å²) in [6.45, 7) is 1.71. The van der Waals surface area contributed by atoms with Gasteiger partial charge < -0.3 is 10.8 Å². The number of anilines is 1. The fourth-order valence-corrected chi connectivity index (χ4v) is 1.43. The number of nitrogen functional groups attached to an aromatic ring is 1. The summed E-state index contributed by atoms with van der Waals surface area (Å²) in [6, 6.07) is 0. The van der Waals surface area contributed by atoms with Crippen LogP contribution in [0.4, 0.5) is 5.95 Å². The first-order valence-corrected chi connectivity index (χ1v) is 4.75. The number of aromatic amines is 1. The minimum atomic E-state index is -0.422. The van der Waals surface area contributed by atoms with Crippen LogP contribution in [0.1, 0.15) is 11.4 Å². The first kappa shape index (κ1) is 10.5. The van der Waals surface area contributed by atoms with Crippen LogP contribution in [0.25, 0.3) is 11.2 Å². The standard InChI is InChI=1S/C9H11N5O2/c1-4-5(2-3-15)12-6-7(11-4)13-9(10)14-8(6)16/h15H,2-3H2,1H3,(H3,10,11,13,14,16). The van der Waals surface area contributed by atoms with Gasteiger partial charge in [0.05, 0.1) is 11.4 Å². The lowest BCUT2D eigenvalue weighted by atomic mass is 10.2. The number of nitrogens with zero attached hydrogens (tertiary/aromatic N) is 3. The van der Waals surface area contributed by atoms with Crippen molar-refractivity contribution in [2.75, 3.05) is 12.3 Å². The van der Waals surface area contributed by atoms with Gasteiger partial charge in [0, 0.05) is 13.0 Å². The van der Waals surface area contributed by atoms with Crippen LogP contribution >= 0.6 is 0 Å². The highest BCUT2D eigenvalue weighted by molar-refractivity contribution is 5.69. The van der Waals surface area contributed by atoms with Crippen molar-refractivity contribution in [2.24, 2.45) is 0 Å². The van der Waals surface area contributed by atoms with Gasteiger partial charge in [0.1, 0.15) is 0 Å². The van der Waals surface area contributed by atoms with Crippen LogP contribution in [0.15, 0.2) is 4.79 Å². The smallest absolute Gasteiger partial charge is 0.280 e. The molecule has 0 aliphatic carbocycles. The Labute approximate surface area is 90.4 Å². The molecule has 0 saturated carbocycles. The van der Waals surface area contributed by atoms with E-state index in [9.17, 15) is 4.79 Å². The third-order valence-corrected chi connectivity index (χ3v) is 2.18. The first-order chi connectivity index (χ1) is 7.61. The summed E-state index contributed by atoms with van der Waals surface area (Å²) in [5.41, 5.74) is 6.57. The molecule has 2 heterocycles. The van der Waals surface area contributed by atoms with E-state index in [4.69, 9.17) is 10.8 Å². The molecule has 2 rings (SSSR count). The van der Waals surface area contributed by atoms with Crippen LogP contribution in [0, 0.1) is 6.92 Å². The average molecular weight is 221 g/mol. The predicted molar refractivity (Wildman–Crippen MR) is 57.9 cm³/mol. The van der Waals surface area contributed by atoms with Gasteiger partial charge in [0.25, 0.3) is 5.56 Å². The molecule has 0 amide bonds. The molecule has 0 bridgehead atoms. The lowest BCUT2D eigenvalue weighted by Gasteiger charge is -2.04. The molecule has 7 nitrogen and oxygen atoms in total. The molecular weight excluding hydrogens is 210 g/mol. The molecule has 0 unspecified atom stereocenters. The molecule has 0 fully saturated rings. The Bertz CT molecular complexity index is 592. The van der Waals surface area contributed by atoms with E-state index in [1.54, 1.807) is 6.92 Å². The Balaban J connectivity index is 2.74. The summed E-state index contributed by atoms with van der Waals surface area (Å²) in [5, 5.41) is 8.84. The van der Waals surface area contributed by atoms with Crippen LogP contribution in [-0.2, 0) is 6.42 Å². The second-order valence-electron chi connectivity index (χ2n) is 3.35. The minimum Gasteiger partial charge on any atom is -0.396 e. The number of aryl methyl sites for hydroxylation is 1. The van der Waals surface area contributed by atoms with Gasteiger partial charge in [-0.3, -0.25) is 9.78 Å². The topological polar surface area (TPSA) is 118 Å². The number of fused-ring (bicyclic) bond motifs is 1. The maximum Gasteiger partial charge on any atom is 0.280 e. The zero-order valence-corrected chi connectivity index (χ0v) is 8.69. The molecular formula is C9H11N5O2. The van der Waals surface area contributed by atoms with Gasteiger partial charge in [-0.25, -0.2) is 9.97 Å². The summed E-state index contributed by atoms with van der Waals surface area (Å²) in [6.07, 6.45) is 0.360. The molecule has 16 heavy (non-hydrogen) atoms. The maximum absolute atomic E-state index is 11.5. The maximum atomic E-state index is 11.5. The molecule has 0 radical (unpaired) electrons. The van der Waals surface area contributed by atoms with Crippen LogP contribution in [0.3, 0.4) is 0 Å². The van der Waals surface area contributed by atoms with Crippen molar-refractivity contribution in [1.82, 2.24) is 19.9 Å². The van der Waals surface area contributed by atoms with E-state index < -0.39 is 5.56 Å². The second-order valence-corrected chi connectivity index (χ2v) is 3.35. The van der Waals surface area contributed by atoms with E-state index in [2.05, 4.69) is 19.9 Å². The third kappa shape index (κ3) is 1.72. The quantitative estimate of drug-likeness (QED) is 0.607. The Morgan fingerprint density at radius 2 is 2.12 bits per heavy atom. The van der Waals surface area contributed by atoms with E-state index in [0.717, 1.165) is 0 Å². The Kier molecular flexibility index (Phi) is 2.53. The molecule has 0 aliphatic rings. The van der Waals surface area contributed by atoms with Crippen molar-refractivity contribution < 1.29 is 5.11 Å². The zero-order chi connectivity index (χ0) is 11.7. The second kappa shape index (κ2) is 3.86. The van der Waals surface area contributed by atoms with Crippen LogP contribution in [0.2, 0.25) is 0 Å². The van der Waals surface area contributed by atoms with E-state index in [-0.39, 0.29) is 23.7 Å². The Morgan fingerprint density at radius 3 is 2.81 bits per heavy atom. The molecule has 2 aromatic rings. The fraction of sp³-hybridized carbons (Fsp3) is 0.333. The molecule has 0 aliphatic heterocycles. The summed E-state index contributed by atoms with van der Waals surface area (Å²) >= 11 is 0. The van der Waals surface area contributed by atoms with Crippen molar-refractivity contribution in [1.29, 1.82) is 0 Å². The van der Waals surface area contributed by atoms with Crippen molar-refractivity contribution in [3.05, 3.63) is 21.7 Å². The highest BCUT2D eigenvalue weighted by atomic mass is 16.3. The van der Waals surface area contributed by atoms with Crippen LogP contribution < -0.4 is 11.3 Å². The predicted octanol–water partition coefficient (Wildman–Crippen LogP) is -0.861. The largest absolute Gasteiger partial charge is 0.396 e. The van der Waals surface area contributed by atoms with Gasteiger partial charge in [0.2, 0.25) is 5.95 Å². The number of aliphatic hydroxyl groups excluding tert-OH is 1. The lowest BCUT2D eigenvalue weighted by molar-refractivity contribution is 0.298. The van der Waals surface area contributed by atoms with Gasteiger partial charge in [0.15, 0.2) is 11.2 Å². The van der Waals surface area contributed by atoms with Gasteiger partial charge in [-0.15, -0.1) is 0 Å². The fourth-order valence-electron chi connectivity index (χ4n) is 1.43. The van der Waals surface area contributed by atoms with Crippen molar-refractivity contribution in [3.63, 3.8) is 0 Å². The Hall–Kier alpha value is -2.02. The van der Waals surface area contributed by atoms with Crippen molar-refractivity contribution in [3.8, 4) is 0 Å². The van der Waals surface area contributed by atoms with Crippen molar-refractivity contribution in [2.45, 2.75) is 13.3 Å². The van der Waals surface area contributed by atoms with Crippen LogP contribution in [-0.4, -0.2) is 31.6 Å². The highest BCUT2D eigenvalue weighted by Gasteiger charge is 2.09. The number of hydrogen-bond acceptors (Lipinski definition) is 6. The molecule has 4 N–H and O–H groups in total. The van der Waals surface area contributed by atoms with E-state index in [1.165, 1.54) is 0 Å². The normalized spacial score (nSPS) is 10.9. The van der Waals surface area contributed by atoms with Crippen LogP contribution in [0.5, 0.6) is 0 Å². The molecule has 0 spiro atoms. The molecule has 0 aromatic carbocycles. The number of hydrogen-bond donors (Lipinski definition) is 3. The zero-order valence-electron chi connectivity index (χ0n) is 8.69. The van der Waals surface area contributed by atoms with E-state index >= 15 is 0 Å². The molecule has 84 valence electrons. The lowest BCUT2D eigenvalue weighted by Crippen LogP contribution is -2.15. The van der Waals surface area contributed by atoms with Gasteiger partial charge in [-0.2, -0.15) is 4.98 Å². The highest BCUT2D eigenvalue weighted by Crippen LogP contribution is 2.08. The first-order valence-electron chi connectivity index (χ1n) is 4.75. The van der Waals surface area contributed by atoms with Gasteiger partial charge in [-0.05, 0) is 6.92 Å². The van der Waals surface area contributed by atoms with Gasteiger partial charge in [-0.1, -0.05) is 0 Å². The van der Waals surface area contributed by atoms with E-state index in [0.29, 0.717) is 17.8 Å². The van der Waals surface area contributed by atoms with Crippen molar-refractivity contribution >= 4 is 17.1 Å². The monoisotopic (exact) mass is 221 g/mol.